The fraction of sp³-hybridized carbons (Fsp3) is 0.333. The number of hydrogen-bond donors (Lipinski definition) is 1. The summed E-state index contributed by atoms with van der Waals surface area (Å²) in [7, 11) is 0. The van der Waals surface area contributed by atoms with Gasteiger partial charge in [0.25, 0.3) is 5.91 Å². The summed E-state index contributed by atoms with van der Waals surface area (Å²) in [5.41, 5.74) is 5.07. The third-order valence-corrected chi connectivity index (χ3v) is 5.55. The highest BCUT2D eigenvalue weighted by Crippen LogP contribution is 2.32. The Kier molecular flexibility index (Phi) is 4.88. The lowest BCUT2D eigenvalue weighted by Crippen LogP contribution is -2.36. The summed E-state index contributed by atoms with van der Waals surface area (Å²) in [4.78, 5) is 27.4. The smallest absolute Gasteiger partial charge is 0.254 e. The SMILES string of the molecule is Cc1cccc(C2=NN(c3cc(N4CCOCC4)c4[nH]c(CCl)nc4n3)C(=O)C2)c1. The van der Waals surface area contributed by atoms with E-state index in [4.69, 9.17) is 16.3 Å². The molecule has 1 saturated heterocycles. The normalized spacial score (nSPS) is 17.1. The number of aryl methyl sites for hydroxylation is 1. The van der Waals surface area contributed by atoms with Crippen molar-refractivity contribution in [2.45, 2.75) is 19.2 Å². The minimum absolute atomic E-state index is 0.112. The molecular formula is C21H21ClN6O2. The second kappa shape index (κ2) is 7.70. The number of anilines is 2. The molecule has 0 radical (unpaired) electrons. The van der Waals surface area contributed by atoms with Crippen LogP contribution in [-0.2, 0) is 15.4 Å². The van der Waals surface area contributed by atoms with Crippen molar-refractivity contribution >= 4 is 45.9 Å². The highest BCUT2D eigenvalue weighted by Gasteiger charge is 2.29. The van der Waals surface area contributed by atoms with E-state index >= 15 is 0 Å². The van der Waals surface area contributed by atoms with Crippen LogP contribution in [0.4, 0.5) is 11.5 Å². The van der Waals surface area contributed by atoms with E-state index in [1.807, 2.05) is 37.3 Å². The first-order chi connectivity index (χ1) is 14.6. The number of imidazole rings is 1. The summed E-state index contributed by atoms with van der Waals surface area (Å²) in [5.74, 6) is 1.25. The van der Waals surface area contributed by atoms with Gasteiger partial charge in [-0.15, -0.1) is 11.6 Å². The Morgan fingerprint density at radius 3 is 2.80 bits per heavy atom. The number of morpholine rings is 1. The third-order valence-electron chi connectivity index (χ3n) is 5.30. The van der Waals surface area contributed by atoms with Crippen LogP contribution in [-0.4, -0.2) is 52.9 Å². The minimum Gasteiger partial charge on any atom is -0.378 e. The number of alkyl halides is 1. The lowest BCUT2D eigenvalue weighted by molar-refractivity contribution is -0.116. The zero-order valence-corrected chi connectivity index (χ0v) is 17.3. The zero-order valence-electron chi connectivity index (χ0n) is 16.6. The molecule has 5 rings (SSSR count). The van der Waals surface area contributed by atoms with E-state index in [-0.39, 0.29) is 18.2 Å². The average molecular weight is 425 g/mol. The first kappa shape index (κ1) is 19.0. The number of ether oxygens (including phenoxy) is 1. The molecule has 0 saturated carbocycles. The molecule has 0 aliphatic carbocycles. The van der Waals surface area contributed by atoms with Crippen molar-refractivity contribution < 1.29 is 9.53 Å². The first-order valence-corrected chi connectivity index (χ1v) is 10.4. The maximum Gasteiger partial charge on any atom is 0.254 e. The Morgan fingerprint density at radius 2 is 2.03 bits per heavy atom. The molecular weight excluding hydrogens is 404 g/mol. The quantitative estimate of drug-likeness (QED) is 0.650. The summed E-state index contributed by atoms with van der Waals surface area (Å²) in [6.45, 7) is 4.82. The van der Waals surface area contributed by atoms with Gasteiger partial charge < -0.3 is 14.6 Å². The third kappa shape index (κ3) is 3.42. The molecule has 3 aromatic rings. The molecule has 0 unspecified atom stereocenters. The number of nitrogens with one attached hydrogen (secondary N) is 1. The summed E-state index contributed by atoms with van der Waals surface area (Å²) >= 11 is 5.98. The van der Waals surface area contributed by atoms with E-state index in [9.17, 15) is 4.79 Å². The van der Waals surface area contributed by atoms with Gasteiger partial charge in [-0.2, -0.15) is 10.1 Å². The van der Waals surface area contributed by atoms with Crippen LogP contribution in [0.15, 0.2) is 35.4 Å². The minimum atomic E-state index is -0.112. The van der Waals surface area contributed by atoms with E-state index in [0.717, 1.165) is 41.1 Å². The fourth-order valence-corrected chi connectivity index (χ4v) is 3.95. The molecule has 8 nitrogen and oxygen atoms in total. The van der Waals surface area contributed by atoms with Gasteiger partial charge in [-0.1, -0.05) is 29.8 Å². The molecule has 4 heterocycles. The number of aromatic amines is 1. The Bertz CT molecular complexity index is 1150. The second-order valence-corrected chi connectivity index (χ2v) is 7.68. The van der Waals surface area contributed by atoms with Crippen LogP contribution in [0.1, 0.15) is 23.4 Å². The molecule has 0 spiro atoms. The number of halogens is 1. The number of hydrazone groups is 1. The van der Waals surface area contributed by atoms with Gasteiger partial charge in [0, 0.05) is 19.2 Å². The van der Waals surface area contributed by atoms with Crippen LogP contribution >= 0.6 is 11.6 Å². The highest BCUT2D eigenvalue weighted by atomic mass is 35.5. The molecule has 1 fully saturated rings. The Balaban J connectivity index is 1.58. The number of rotatable bonds is 4. The van der Waals surface area contributed by atoms with Crippen molar-refractivity contribution in [1.29, 1.82) is 0 Å². The number of benzene rings is 1. The molecule has 0 atom stereocenters. The number of amides is 1. The zero-order chi connectivity index (χ0) is 20.7. The Labute approximate surface area is 178 Å². The lowest BCUT2D eigenvalue weighted by atomic mass is 10.1. The van der Waals surface area contributed by atoms with Crippen LogP contribution in [0.5, 0.6) is 0 Å². The number of aromatic nitrogens is 3. The molecule has 154 valence electrons. The molecule has 0 bridgehead atoms. The molecule has 1 amide bonds. The standard InChI is InChI=1S/C21H21ClN6O2/c1-13-3-2-4-14(9-13)15-10-19(29)28(26-15)18-11-16(27-5-7-30-8-6-27)20-21(25-18)24-17(12-22)23-20/h2-4,9,11H,5-8,10,12H2,1H3,(H,23,24,25). The monoisotopic (exact) mass is 424 g/mol. The molecule has 2 aromatic heterocycles. The van der Waals surface area contributed by atoms with Crippen molar-refractivity contribution in [3.63, 3.8) is 0 Å². The van der Waals surface area contributed by atoms with Crippen LogP contribution < -0.4 is 9.91 Å². The van der Waals surface area contributed by atoms with Crippen LogP contribution in [0, 0.1) is 6.92 Å². The summed E-state index contributed by atoms with van der Waals surface area (Å²) in [6.07, 6.45) is 0.240. The highest BCUT2D eigenvalue weighted by molar-refractivity contribution is 6.19. The molecule has 9 heteroatoms. The van der Waals surface area contributed by atoms with Gasteiger partial charge >= 0.3 is 0 Å². The van der Waals surface area contributed by atoms with Crippen molar-refractivity contribution in [2.75, 3.05) is 36.2 Å². The Hall–Kier alpha value is -2.97. The van der Waals surface area contributed by atoms with Crippen molar-refractivity contribution in [3.05, 3.63) is 47.3 Å². The fourth-order valence-electron chi connectivity index (χ4n) is 3.83. The largest absolute Gasteiger partial charge is 0.378 e. The van der Waals surface area contributed by atoms with E-state index in [1.165, 1.54) is 5.01 Å². The Morgan fingerprint density at radius 1 is 1.20 bits per heavy atom. The predicted octanol–water partition coefficient (Wildman–Crippen LogP) is 2.98. The van der Waals surface area contributed by atoms with Gasteiger partial charge in [0.1, 0.15) is 11.3 Å². The van der Waals surface area contributed by atoms with Crippen LogP contribution in [0.3, 0.4) is 0 Å². The van der Waals surface area contributed by atoms with E-state index in [0.29, 0.717) is 30.5 Å². The number of pyridine rings is 1. The molecule has 1 N–H and O–H groups in total. The van der Waals surface area contributed by atoms with Gasteiger partial charge in [0.15, 0.2) is 11.5 Å². The molecule has 1 aromatic carbocycles. The van der Waals surface area contributed by atoms with Gasteiger partial charge in [-0.05, 0) is 12.5 Å². The maximum atomic E-state index is 12.8. The number of nitrogens with zero attached hydrogens (tertiary/aromatic N) is 5. The van der Waals surface area contributed by atoms with E-state index in [1.54, 1.807) is 0 Å². The van der Waals surface area contributed by atoms with E-state index in [2.05, 4.69) is 25.0 Å². The van der Waals surface area contributed by atoms with Crippen molar-refractivity contribution in [3.8, 4) is 0 Å². The summed E-state index contributed by atoms with van der Waals surface area (Å²) in [6, 6.07) is 9.89. The maximum absolute atomic E-state index is 12.8. The van der Waals surface area contributed by atoms with E-state index < -0.39 is 0 Å². The number of hydrogen-bond acceptors (Lipinski definition) is 6. The van der Waals surface area contributed by atoms with Gasteiger partial charge in [-0.25, -0.2) is 9.97 Å². The first-order valence-electron chi connectivity index (χ1n) is 9.88. The summed E-state index contributed by atoms with van der Waals surface area (Å²) < 4.78 is 5.49. The van der Waals surface area contributed by atoms with Crippen LogP contribution in [0.2, 0.25) is 0 Å². The van der Waals surface area contributed by atoms with Gasteiger partial charge in [-0.3, -0.25) is 4.79 Å². The lowest BCUT2D eigenvalue weighted by Gasteiger charge is -2.29. The van der Waals surface area contributed by atoms with Crippen molar-refractivity contribution in [1.82, 2.24) is 15.0 Å². The number of carbonyl (C=O) groups is 1. The van der Waals surface area contributed by atoms with Crippen LogP contribution in [0.25, 0.3) is 11.2 Å². The van der Waals surface area contributed by atoms with Gasteiger partial charge in [0.2, 0.25) is 0 Å². The average Bonchev–Trinajstić information content (AvgIpc) is 3.37. The number of fused-ring (bicyclic) bond motifs is 1. The predicted molar refractivity (Wildman–Crippen MR) is 116 cm³/mol. The molecule has 2 aliphatic heterocycles. The number of carbonyl (C=O) groups excluding carboxylic acids is 1. The number of H-pyrrole nitrogens is 1. The van der Waals surface area contributed by atoms with Crippen molar-refractivity contribution in [2.24, 2.45) is 5.10 Å². The van der Waals surface area contributed by atoms with Gasteiger partial charge in [0.05, 0.1) is 36.9 Å². The topological polar surface area (TPSA) is 86.7 Å². The summed E-state index contributed by atoms with van der Waals surface area (Å²) in [5, 5.41) is 5.99. The second-order valence-electron chi connectivity index (χ2n) is 7.41. The molecule has 30 heavy (non-hydrogen) atoms. The molecule has 2 aliphatic rings.